The molecule has 0 aliphatic carbocycles. The number of esters is 2. The molecule has 1 amide bonds. The first-order valence-corrected chi connectivity index (χ1v) is 5.32. The van der Waals surface area contributed by atoms with E-state index in [9.17, 15) is 14.4 Å². The Morgan fingerprint density at radius 1 is 1.32 bits per heavy atom. The van der Waals surface area contributed by atoms with E-state index >= 15 is 0 Å². The second-order valence-corrected chi connectivity index (χ2v) is 3.68. The van der Waals surface area contributed by atoms with E-state index in [-0.39, 0.29) is 18.0 Å². The molecule has 0 aromatic carbocycles. The van der Waals surface area contributed by atoms with Crippen molar-refractivity contribution in [2.45, 2.75) is 6.92 Å². The van der Waals surface area contributed by atoms with Gasteiger partial charge in [0.15, 0.2) is 0 Å². The summed E-state index contributed by atoms with van der Waals surface area (Å²) < 4.78 is 9.36. The third kappa shape index (κ3) is 4.02. The first-order valence-electron chi connectivity index (χ1n) is 5.32. The van der Waals surface area contributed by atoms with Gasteiger partial charge in [-0.2, -0.15) is 0 Å². The maximum Gasteiger partial charge on any atom is 0.341 e. The first kappa shape index (κ1) is 14.6. The number of ether oxygens (including phenoxy) is 2. The number of rotatable bonds is 5. The van der Waals surface area contributed by atoms with Crippen LogP contribution in [0.5, 0.6) is 0 Å². The van der Waals surface area contributed by atoms with Crippen molar-refractivity contribution in [1.29, 1.82) is 0 Å². The molecule has 0 saturated heterocycles. The highest BCUT2D eigenvalue weighted by molar-refractivity contribution is 5.91. The first-order chi connectivity index (χ1) is 8.95. The Balaban J connectivity index is 2.59. The molecule has 1 unspecified atom stereocenters. The maximum absolute atomic E-state index is 11.6. The third-order valence-electron chi connectivity index (χ3n) is 2.18. The van der Waals surface area contributed by atoms with Gasteiger partial charge in [0, 0.05) is 12.4 Å². The Morgan fingerprint density at radius 2 is 1.89 bits per heavy atom. The van der Waals surface area contributed by atoms with E-state index in [1.54, 1.807) is 6.92 Å². The molecule has 19 heavy (non-hydrogen) atoms. The topological polar surface area (TPSA) is 121 Å². The Morgan fingerprint density at radius 3 is 2.37 bits per heavy atom. The Labute approximate surface area is 108 Å². The monoisotopic (exact) mass is 267 g/mol. The predicted octanol–water partition coefficient (Wildman–Crippen LogP) is -0.459. The summed E-state index contributed by atoms with van der Waals surface area (Å²) in [5, 5.41) is 0. The number of methoxy groups -OCH3 is 1. The molecule has 2 N–H and O–H groups in total. The molecule has 1 atom stereocenters. The number of nitrogens with zero attached hydrogens (tertiary/aromatic N) is 2. The molecule has 0 saturated carbocycles. The van der Waals surface area contributed by atoms with Crippen LogP contribution in [-0.4, -0.2) is 41.5 Å². The van der Waals surface area contributed by atoms with Gasteiger partial charge in [0.2, 0.25) is 5.82 Å². The number of hydrogen-bond donors (Lipinski definition) is 1. The normalized spacial score (nSPS) is 11.5. The molecule has 0 aliphatic rings. The molecular formula is C11H13N3O5. The summed E-state index contributed by atoms with van der Waals surface area (Å²) in [6.45, 7) is 1.44. The molecule has 0 radical (unpaired) electrons. The van der Waals surface area contributed by atoms with Crippen LogP contribution in [0.2, 0.25) is 0 Å². The van der Waals surface area contributed by atoms with Crippen LogP contribution in [0, 0.1) is 5.92 Å². The minimum atomic E-state index is -0.792. The van der Waals surface area contributed by atoms with Gasteiger partial charge in [0.1, 0.15) is 6.61 Å². The lowest BCUT2D eigenvalue weighted by Crippen LogP contribution is -2.21. The van der Waals surface area contributed by atoms with Gasteiger partial charge < -0.3 is 15.2 Å². The molecule has 1 rings (SSSR count). The maximum atomic E-state index is 11.6. The van der Waals surface area contributed by atoms with Gasteiger partial charge in [-0.15, -0.1) is 0 Å². The van der Waals surface area contributed by atoms with Crippen molar-refractivity contribution in [3.05, 3.63) is 23.8 Å². The Hall–Kier alpha value is -2.51. The van der Waals surface area contributed by atoms with Crippen molar-refractivity contribution in [3.8, 4) is 0 Å². The smallest absolute Gasteiger partial charge is 0.341 e. The highest BCUT2D eigenvalue weighted by atomic mass is 16.5. The molecule has 102 valence electrons. The number of aromatic nitrogens is 2. The summed E-state index contributed by atoms with van der Waals surface area (Å²) in [5.74, 6) is -2.74. The van der Waals surface area contributed by atoms with E-state index in [2.05, 4.69) is 14.7 Å². The summed E-state index contributed by atoms with van der Waals surface area (Å²) >= 11 is 0. The summed E-state index contributed by atoms with van der Waals surface area (Å²) in [6.07, 6.45) is 2.25. The SMILES string of the molecule is COC(=O)C(C)COC(=O)c1cnc(C(N)=O)nc1. The van der Waals surface area contributed by atoms with Gasteiger partial charge in [0.25, 0.3) is 5.91 Å². The Kier molecular flexibility index (Phi) is 4.92. The zero-order valence-electron chi connectivity index (χ0n) is 10.5. The van der Waals surface area contributed by atoms with Crippen molar-refractivity contribution in [1.82, 2.24) is 9.97 Å². The molecule has 1 aromatic rings. The average Bonchev–Trinajstić information content (AvgIpc) is 2.43. The number of carbonyl (C=O) groups excluding carboxylic acids is 3. The fraction of sp³-hybridized carbons (Fsp3) is 0.364. The van der Waals surface area contributed by atoms with Crippen LogP contribution in [0.25, 0.3) is 0 Å². The molecule has 1 aromatic heterocycles. The molecule has 1 heterocycles. The molecular weight excluding hydrogens is 254 g/mol. The average molecular weight is 267 g/mol. The van der Waals surface area contributed by atoms with Crippen molar-refractivity contribution in [3.63, 3.8) is 0 Å². The molecule has 0 bridgehead atoms. The zero-order chi connectivity index (χ0) is 14.4. The number of primary amides is 1. The van der Waals surface area contributed by atoms with Crippen LogP contribution >= 0.6 is 0 Å². The van der Waals surface area contributed by atoms with Crippen LogP contribution < -0.4 is 5.73 Å². The lowest BCUT2D eigenvalue weighted by Gasteiger charge is -2.09. The third-order valence-corrected chi connectivity index (χ3v) is 2.18. The van der Waals surface area contributed by atoms with E-state index < -0.39 is 23.8 Å². The summed E-state index contributed by atoms with van der Waals surface area (Å²) in [4.78, 5) is 40.6. The number of carbonyl (C=O) groups is 3. The van der Waals surface area contributed by atoms with Gasteiger partial charge in [-0.25, -0.2) is 14.8 Å². The van der Waals surface area contributed by atoms with E-state index in [1.165, 1.54) is 7.11 Å². The second-order valence-electron chi connectivity index (χ2n) is 3.68. The summed E-state index contributed by atoms with van der Waals surface area (Å²) in [7, 11) is 1.25. The Bertz CT molecular complexity index is 486. The van der Waals surface area contributed by atoms with Crippen LogP contribution in [0.3, 0.4) is 0 Å². The fourth-order valence-electron chi connectivity index (χ4n) is 1.11. The standard InChI is InChI=1S/C11H13N3O5/c1-6(10(16)18-2)5-19-11(17)7-3-13-9(8(12)15)14-4-7/h3-4,6H,5H2,1-2H3,(H2,12,15). The van der Waals surface area contributed by atoms with E-state index in [0.29, 0.717) is 0 Å². The summed E-state index contributed by atoms with van der Waals surface area (Å²) in [5.41, 5.74) is 5.01. The number of nitrogens with two attached hydrogens (primary N) is 1. The highest BCUT2D eigenvalue weighted by Gasteiger charge is 2.17. The lowest BCUT2D eigenvalue weighted by molar-refractivity contribution is -0.146. The highest BCUT2D eigenvalue weighted by Crippen LogP contribution is 2.03. The molecule has 0 fully saturated rings. The van der Waals surface area contributed by atoms with Crippen molar-refractivity contribution >= 4 is 17.8 Å². The van der Waals surface area contributed by atoms with Crippen molar-refractivity contribution in [2.75, 3.05) is 13.7 Å². The van der Waals surface area contributed by atoms with E-state index in [1.807, 2.05) is 0 Å². The van der Waals surface area contributed by atoms with Crippen molar-refractivity contribution < 1.29 is 23.9 Å². The quantitative estimate of drug-likeness (QED) is 0.716. The van der Waals surface area contributed by atoms with Crippen LogP contribution in [0.15, 0.2) is 12.4 Å². The molecule has 8 heteroatoms. The minimum absolute atomic E-state index is 0.0575. The zero-order valence-corrected chi connectivity index (χ0v) is 10.5. The lowest BCUT2D eigenvalue weighted by atomic mass is 10.2. The van der Waals surface area contributed by atoms with E-state index in [0.717, 1.165) is 12.4 Å². The largest absolute Gasteiger partial charge is 0.469 e. The van der Waals surface area contributed by atoms with Crippen LogP contribution in [0.4, 0.5) is 0 Å². The van der Waals surface area contributed by atoms with Gasteiger partial charge >= 0.3 is 11.9 Å². The predicted molar refractivity (Wildman–Crippen MR) is 62.0 cm³/mol. The molecule has 0 spiro atoms. The van der Waals surface area contributed by atoms with Gasteiger partial charge in [-0.05, 0) is 6.92 Å². The number of hydrogen-bond acceptors (Lipinski definition) is 7. The van der Waals surface area contributed by atoms with Gasteiger partial charge in [0.05, 0.1) is 18.6 Å². The van der Waals surface area contributed by atoms with Gasteiger partial charge in [-0.3, -0.25) is 9.59 Å². The summed E-state index contributed by atoms with van der Waals surface area (Å²) in [6, 6.07) is 0. The molecule has 8 nitrogen and oxygen atoms in total. The van der Waals surface area contributed by atoms with Gasteiger partial charge in [-0.1, -0.05) is 0 Å². The number of amides is 1. The van der Waals surface area contributed by atoms with Crippen LogP contribution in [-0.2, 0) is 14.3 Å². The van der Waals surface area contributed by atoms with Crippen LogP contribution in [0.1, 0.15) is 27.9 Å². The minimum Gasteiger partial charge on any atom is -0.469 e. The second kappa shape index (κ2) is 6.43. The van der Waals surface area contributed by atoms with Crippen molar-refractivity contribution in [2.24, 2.45) is 11.7 Å². The molecule has 0 aliphatic heterocycles. The van der Waals surface area contributed by atoms with E-state index in [4.69, 9.17) is 10.5 Å². The fourth-order valence-corrected chi connectivity index (χ4v) is 1.11.